The average Bonchev–Trinajstić information content (AvgIpc) is 3.13. The minimum atomic E-state index is 0. The molecular formula is C19H39IN4O3. The van der Waals surface area contributed by atoms with Crippen molar-refractivity contribution in [3.8, 4) is 0 Å². The molecule has 0 aliphatic carbocycles. The molecule has 7 nitrogen and oxygen atoms in total. The summed E-state index contributed by atoms with van der Waals surface area (Å²) in [6, 6.07) is 0. The first-order valence-electron chi connectivity index (χ1n) is 10.1. The molecule has 160 valence electrons. The van der Waals surface area contributed by atoms with E-state index < -0.39 is 0 Å². The Kier molecular flexibility index (Phi) is 13.6. The molecule has 2 N–H and O–H groups in total. The molecule has 27 heavy (non-hydrogen) atoms. The molecule has 0 bridgehead atoms. The lowest BCUT2D eigenvalue weighted by Gasteiger charge is -2.34. The Labute approximate surface area is 182 Å². The zero-order valence-electron chi connectivity index (χ0n) is 17.2. The molecular weight excluding hydrogens is 459 g/mol. The maximum absolute atomic E-state index is 5.87. The highest BCUT2D eigenvalue weighted by Crippen LogP contribution is 2.12. The summed E-state index contributed by atoms with van der Waals surface area (Å²) in [5.74, 6) is 2.11. The van der Waals surface area contributed by atoms with Gasteiger partial charge in [-0.15, -0.1) is 24.0 Å². The summed E-state index contributed by atoms with van der Waals surface area (Å²) in [4.78, 5) is 6.78. The lowest BCUT2D eigenvalue weighted by atomic mass is 10.1. The zero-order valence-corrected chi connectivity index (χ0v) is 19.6. The first kappa shape index (κ1) is 24.9. The molecule has 8 heteroatoms. The summed E-state index contributed by atoms with van der Waals surface area (Å²) < 4.78 is 17.0. The van der Waals surface area contributed by atoms with Gasteiger partial charge in [-0.05, 0) is 18.8 Å². The Hall–Kier alpha value is -0.160. The summed E-state index contributed by atoms with van der Waals surface area (Å²) in [7, 11) is 1.80. The standard InChI is InChI=1S/C19H38N4O3.HI/c1-16(2)12-23-7-10-26-18(13-23)11-22-19(20-3)21-6-4-8-24-14-17-5-9-25-15-17;/h16-18H,4-15H2,1-3H3,(H2,20,21,22);1H. The zero-order chi connectivity index (χ0) is 18.6. The lowest BCUT2D eigenvalue weighted by molar-refractivity contribution is -0.0284. The number of guanidine groups is 1. The van der Waals surface area contributed by atoms with Gasteiger partial charge in [0.1, 0.15) is 0 Å². The van der Waals surface area contributed by atoms with Crippen molar-refractivity contribution in [3.05, 3.63) is 0 Å². The third-order valence-corrected chi connectivity index (χ3v) is 4.70. The Morgan fingerprint density at radius 1 is 1.30 bits per heavy atom. The molecule has 2 saturated heterocycles. The summed E-state index contributed by atoms with van der Waals surface area (Å²) in [6.45, 7) is 13.5. The second-order valence-electron chi connectivity index (χ2n) is 7.68. The van der Waals surface area contributed by atoms with Gasteiger partial charge in [-0.1, -0.05) is 13.8 Å². The molecule has 2 fully saturated rings. The number of rotatable bonds is 10. The third kappa shape index (κ3) is 10.8. The summed E-state index contributed by atoms with van der Waals surface area (Å²) >= 11 is 0. The highest BCUT2D eigenvalue weighted by Gasteiger charge is 2.21. The molecule has 0 aromatic carbocycles. The number of morpholine rings is 1. The van der Waals surface area contributed by atoms with E-state index in [-0.39, 0.29) is 30.1 Å². The predicted octanol–water partition coefficient (Wildman–Crippen LogP) is 1.57. The first-order chi connectivity index (χ1) is 12.7. The predicted molar refractivity (Wildman–Crippen MR) is 120 cm³/mol. The Balaban J connectivity index is 0.00000364. The van der Waals surface area contributed by atoms with Crippen LogP contribution in [0.5, 0.6) is 0 Å². The van der Waals surface area contributed by atoms with Gasteiger partial charge in [0.25, 0.3) is 0 Å². The number of hydrogen-bond acceptors (Lipinski definition) is 5. The second kappa shape index (κ2) is 14.8. The number of ether oxygens (including phenoxy) is 3. The molecule has 0 radical (unpaired) electrons. The second-order valence-corrected chi connectivity index (χ2v) is 7.68. The van der Waals surface area contributed by atoms with Gasteiger partial charge in [0.05, 0.1) is 25.9 Å². The van der Waals surface area contributed by atoms with Crippen LogP contribution in [0, 0.1) is 11.8 Å². The molecule has 2 aliphatic heterocycles. The fraction of sp³-hybridized carbons (Fsp3) is 0.947. The number of halogens is 1. The minimum absolute atomic E-state index is 0. The molecule has 0 aromatic rings. The van der Waals surface area contributed by atoms with Crippen molar-refractivity contribution >= 4 is 29.9 Å². The quantitative estimate of drug-likeness (QED) is 0.206. The van der Waals surface area contributed by atoms with Crippen LogP contribution in [0.25, 0.3) is 0 Å². The monoisotopic (exact) mass is 498 g/mol. The fourth-order valence-corrected chi connectivity index (χ4v) is 3.36. The number of aliphatic imine (C=N–C) groups is 1. The van der Waals surface area contributed by atoms with Crippen LogP contribution < -0.4 is 10.6 Å². The van der Waals surface area contributed by atoms with Gasteiger partial charge in [0.2, 0.25) is 0 Å². The van der Waals surface area contributed by atoms with Gasteiger partial charge >= 0.3 is 0 Å². The normalized spacial score (nSPS) is 24.1. The van der Waals surface area contributed by atoms with Gasteiger partial charge in [-0.2, -0.15) is 0 Å². The van der Waals surface area contributed by atoms with E-state index in [4.69, 9.17) is 14.2 Å². The van der Waals surface area contributed by atoms with Crippen LogP contribution in [0.1, 0.15) is 26.7 Å². The van der Waals surface area contributed by atoms with Crippen molar-refractivity contribution in [1.82, 2.24) is 15.5 Å². The van der Waals surface area contributed by atoms with E-state index in [0.29, 0.717) is 11.8 Å². The molecule has 2 unspecified atom stereocenters. The van der Waals surface area contributed by atoms with Crippen LogP contribution >= 0.6 is 24.0 Å². The van der Waals surface area contributed by atoms with Crippen molar-refractivity contribution in [2.45, 2.75) is 32.8 Å². The molecule has 2 rings (SSSR count). The summed E-state index contributed by atoms with van der Waals surface area (Å²) in [5.41, 5.74) is 0. The topological polar surface area (TPSA) is 67.4 Å². The molecule has 0 aromatic heterocycles. The van der Waals surface area contributed by atoms with Crippen LogP contribution in [-0.4, -0.2) is 89.8 Å². The fourth-order valence-electron chi connectivity index (χ4n) is 3.36. The van der Waals surface area contributed by atoms with E-state index in [1.807, 2.05) is 0 Å². The van der Waals surface area contributed by atoms with Crippen molar-refractivity contribution in [2.75, 3.05) is 72.8 Å². The molecule has 0 spiro atoms. The van der Waals surface area contributed by atoms with Crippen LogP contribution in [0.15, 0.2) is 4.99 Å². The van der Waals surface area contributed by atoms with E-state index in [9.17, 15) is 0 Å². The van der Waals surface area contributed by atoms with Crippen LogP contribution in [0.3, 0.4) is 0 Å². The highest BCUT2D eigenvalue weighted by molar-refractivity contribution is 14.0. The van der Waals surface area contributed by atoms with E-state index in [1.165, 1.54) is 0 Å². The van der Waals surface area contributed by atoms with E-state index in [2.05, 4.69) is 34.4 Å². The maximum atomic E-state index is 5.87. The van der Waals surface area contributed by atoms with Gasteiger partial charge in [0, 0.05) is 58.9 Å². The average molecular weight is 498 g/mol. The molecule has 2 aliphatic rings. The van der Waals surface area contributed by atoms with E-state index in [0.717, 1.165) is 84.6 Å². The van der Waals surface area contributed by atoms with Crippen LogP contribution in [-0.2, 0) is 14.2 Å². The SMILES string of the molecule is CN=C(NCCCOCC1CCOC1)NCC1CN(CC(C)C)CCO1.I. The van der Waals surface area contributed by atoms with Gasteiger partial charge in [-0.3, -0.25) is 9.89 Å². The van der Waals surface area contributed by atoms with Gasteiger partial charge in [-0.25, -0.2) is 0 Å². The molecule has 2 heterocycles. The minimum Gasteiger partial charge on any atom is -0.381 e. The number of nitrogens with zero attached hydrogens (tertiary/aromatic N) is 2. The molecule has 0 amide bonds. The molecule has 2 atom stereocenters. The summed E-state index contributed by atoms with van der Waals surface area (Å²) in [5, 5.41) is 6.72. The highest BCUT2D eigenvalue weighted by atomic mass is 127. The Morgan fingerprint density at radius 2 is 2.15 bits per heavy atom. The number of nitrogens with one attached hydrogen (secondary N) is 2. The van der Waals surface area contributed by atoms with E-state index in [1.54, 1.807) is 7.05 Å². The van der Waals surface area contributed by atoms with Gasteiger partial charge in [0.15, 0.2) is 5.96 Å². The summed E-state index contributed by atoms with van der Waals surface area (Å²) in [6.07, 6.45) is 2.32. The first-order valence-corrected chi connectivity index (χ1v) is 10.1. The molecule has 0 saturated carbocycles. The Morgan fingerprint density at radius 3 is 2.85 bits per heavy atom. The van der Waals surface area contributed by atoms with Crippen molar-refractivity contribution in [1.29, 1.82) is 0 Å². The van der Waals surface area contributed by atoms with Crippen LogP contribution in [0.4, 0.5) is 0 Å². The maximum Gasteiger partial charge on any atom is 0.191 e. The van der Waals surface area contributed by atoms with E-state index >= 15 is 0 Å². The smallest absolute Gasteiger partial charge is 0.191 e. The Bertz CT molecular complexity index is 406. The van der Waals surface area contributed by atoms with Crippen LogP contribution in [0.2, 0.25) is 0 Å². The van der Waals surface area contributed by atoms with Gasteiger partial charge < -0.3 is 24.8 Å². The van der Waals surface area contributed by atoms with Crippen molar-refractivity contribution in [3.63, 3.8) is 0 Å². The third-order valence-electron chi connectivity index (χ3n) is 4.70. The van der Waals surface area contributed by atoms with Crippen molar-refractivity contribution in [2.24, 2.45) is 16.8 Å². The number of hydrogen-bond donors (Lipinski definition) is 2. The van der Waals surface area contributed by atoms with Crippen molar-refractivity contribution < 1.29 is 14.2 Å². The largest absolute Gasteiger partial charge is 0.381 e. The lowest BCUT2D eigenvalue weighted by Crippen LogP contribution is -2.50.